The standard InChI is InChI=1S/C16H17N3/c1-11-3-4-13(12(2)7-11)9-17-15-5-6-16-14(8-15)10-18-19-16/h3-8,10,17H,9H2,1-2H3,(H,18,19). The summed E-state index contributed by atoms with van der Waals surface area (Å²) in [6, 6.07) is 12.8. The first-order valence-corrected chi connectivity index (χ1v) is 6.45. The Morgan fingerprint density at radius 1 is 1.11 bits per heavy atom. The molecule has 3 aromatic rings. The molecule has 3 rings (SSSR count). The lowest BCUT2D eigenvalue weighted by atomic mass is 10.1. The molecule has 0 aliphatic rings. The zero-order chi connectivity index (χ0) is 13.2. The molecule has 2 aromatic carbocycles. The summed E-state index contributed by atoms with van der Waals surface area (Å²) in [4.78, 5) is 0. The Morgan fingerprint density at radius 2 is 2.00 bits per heavy atom. The molecule has 0 bridgehead atoms. The largest absolute Gasteiger partial charge is 0.381 e. The first-order valence-electron chi connectivity index (χ1n) is 6.45. The molecule has 2 N–H and O–H groups in total. The summed E-state index contributed by atoms with van der Waals surface area (Å²) < 4.78 is 0. The summed E-state index contributed by atoms with van der Waals surface area (Å²) in [5.74, 6) is 0. The van der Waals surface area contributed by atoms with Crippen LogP contribution in [0.15, 0.2) is 42.6 Å². The molecule has 1 heterocycles. The van der Waals surface area contributed by atoms with Crippen LogP contribution in [0.2, 0.25) is 0 Å². The summed E-state index contributed by atoms with van der Waals surface area (Å²) in [6.07, 6.45) is 1.84. The lowest BCUT2D eigenvalue weighted by Gasteiger charge is -2.10. The van der Waals surface area contributed by atoms with E-state index in [4.69, 9.17) is 0 Å². The molecule has 0 amide bonds. The first-order chi connectivity index (χ1) is 9.22. The second kappa shape index (κ2) is 4.76. The molecular formula is C16H17N3. The van der Waals surface area contributed by atoms with Crippen LogP contribution in [0, 0.1) is 13.8 Å². The highest BCUT2D eigenvalue weighted by atomic mass is 15.1. The Kier molecular flexibility index (Phi) is 2.95. The first kappa shape index (κ1) is 11.8. The van der Waals surface area contributed by atoms with Gasteiger partial charge in [-0.15, -0.1) is 0 Å². The third-order valence-electron chi connectivity index (χ3n) is 3.42. The minimum absolute atomic E-state index is 0.843. The number of nitrogens with one attached hydrogen (secondary N) is 2. The quantitative estimate of drug-likeness (QED) is 0.743. The average Bonchev–Trinajstić information content (AvgIpc) is 2.85. The maximum Gasteiger partial charge on any atom is 0.0651 e. The van der Waals surface area contributed by atoms with E-state index < -0.39 is 0 Å². The van der Waals surface area contributed by atoms with Crippen molar-refractivity contribution in [3.05, 3.63) is 59.3 Å². The van der Waals surface area contributed by atoms with Gasteiger partial charge in [-0.3, -0.25) is 5.10 Å². The molecule has 19 heavy (non-hydrogen) atoms. The van der Waals surface area contributed by atoms with E-state index in [1.165, 1.54) is 16.7 Å². The number of aromatic nitrogens is 2. The van der Waals surface area contributed by atoms with Gasteiger partial charge in [0.25, 0.3) is 0 Å². The van der Waals surface area contributed by atoms with Crippen LogP contribution in [0.3, 0.4) is 0 Å². The van der Waals surface area contributed by atoms with Gasteiger partial charge in [0.1, 0.15) is 0 Å². The molecule has 0 atom stereocenters. The minimum atomic E-state index is 0.843. The molecule has 0 radical (unpaired) electrons. The van der Waals surface area contributed by atoms with Crippen LogP contribution < -0.4 is 5.32 Å². The maximum atomic E-state index is 4.03. The number of aryl methyl sites for hydroxylation is 2. The van der Waals surface area contributed by atoms with Gasteiger partial charge >= 0.3 is 0 Å². The zero-order valence-electron chi connectivity index (χ0n) is 11.2. The van der Waals surface area contributed by atoms with Crippen molar-refractivity contribution < 1.29 is 0 Å². The molecule has 3 nitrogen and oxygen atoms in total. The fourth-order valence-electron chi connectivity index (χ4n) is 2.29. The summed E-state index contributed by atoms with van der Waals surface area (Å²) in [5, 5.41) is 11.6. The number of nitrogens with zero attached hydrogens (tertiary/aromatic N) is 1. The van der Waals surface area contributed by atoms with Crippen molar-refractivity contribution in [3.63, 3.8) is 0 Å². The molecule has 1 aromatic heterocycles. The van der Waals surface area contributed by atoms with Gasteiger partial charge in [-0.1, -0.05) is 23.8 Å². The summed E-state index contributed by atoms with van der Waals surface area (Å²) in [6.45, 7) is 5.12. The molecule has 3 heteroatoms. The SMILES string of the molecule is Cc1ccc(CNc2ccc3[nH]ncc3c2)c(C)c1. The summed E-state index contributed by atoms with van der Waals surface area (Å²) >= 11 is 0. The highest BCUT2D eigenvalue weighted by Crippen LogP contribution is 2.18. The van der Waals surface area contributed by atoms with Crippen LogP contribution in [0.1, 0.15) is 16.7 Å². The number of H-pyrrole nitrogens is 1. The van der Waals surface area contributed by atoms with Gasteiger partial charge in [0.15, 0.2) is 0 Å². The average molecular weight is 251 g/mol. The number of fused-ring (bicyclic) bond motifs is 1. The highest BCUT2D eigenvalue weighted by molar-refractivity contribution is 5.81. The fourth-order valence-corrected chi connectivity index (χ4v) is 2.29. The minimum Gasteiger partial charge on any atom is -0.381 e. The van der Waals surface area contributed by atoms with Crippen LogP contribution in [-0.2, 0) is 6.54 Å². The topological polar surface area (TPSA) is 40.7 Å². The van der Waals surface area contributed by atoms with Crippen molar-refractivity contribution in [1.29, 1.82) is 0 Å². The highest BCUT2D eigenvalue weighted by Gasteiger charge is 2.00. The van der Waals surface area contributed by atoms with Gasteiger partial charge in [-0.05, 0) is 43.2 Å². The van der Waals surface area contributed by atoms with E-state index >= 15 is 0 Å². The van der Waals surface area contributed by atoms with Crippen molar-refractivity contribution in [2.75, 3.05) is 5.32 Å². The number of rotatable bonds is 3. The second-order valence-corrected chi connectivity index (χ2v) is 4.96. The van der Waals surface area contributed by atoms with Crippen LogP contribution >= 0.6 is 0 Å². The third kappa shape index (κ3) is 2.45. The van der Waals surface area contributed by atoms with Crippen molar-refractivity contribution in [2.45, 2.75) is 20.4 Å². The number of anilines is 1. The Morgan fingerprint density at radius 3 is 2.84 bits per heavy atom. The van der Waals surface area contributed by atoms with Crippen molar-refractivity contribution in [2.24, 2.45) is 0 Å². The van der Waals surface area contributed by atoms with E-state index in [0.717, 1.165) is 23.1 Å². The molecule has 0 saturated heterocycles. The lowest BCUT2D eigenvalue weighted by Crippen LogP contribution is -2.01. The van der Waals surface area contributed by atoms with Gasteiger partial charge in [0.2, 0.25) is 0 Å². The molecule has 0 fully saturated rings. The number of benzene rings is 2. The van der Waals surface area contributed by atoms with Crippen LogP contribution in [-0.4, -0.2) is 10.2 Å². The Balaban J connectivity index is 1.77. The molecule has 96 valence electrons. The predicted octanol–water partition coefficient (Wildman–Crippen LogP) is 3.79. The molecule has 0 aliphatic carbocycles. The Hall–Kier alpha value is -2.29. The molecule has 0 aliphatic heterocycles. The van der Waals surface area contributed by atoms with Gasteiger partial charge in [0.05, 0.1) is 11.7 Å². The molecule has 0 spiro atoms. The monoisotopic (exact) mass is 251 g/mol. The van der Waals surface area contributed by atoms with Crippen molar-refractivity contribution in [1.82, 2.24) is 10.2 Å². The van der Waals surface area contributed by atoms with Gasteiger partial charge in [0, 0.05) is 17.6 Å². The number of aromatic amines is 1. The van der Waals surface area contributed by atoms with E-state index in [9.17, 15) is 0 Å². The molecule has 0 saturated carbocycles. The number of hydrogen-bond donors (Lipinski definition) is 2. The van der Waals surface area contributed by atoms with E-state index in [-0.39, 0.29) is 0 Å². The van der Waals surface area contributed by atoms with E-state index in [1.807, 2.05) is 12.3 Å². The van der Waals surface area contributed by atoms with Gasteiger partial charge < -0.3 is 5.32 Å². The Labute approximate surface area is 112 Å². The van der Waals surface area contributed by atoms with Crippen molar-refractivity contribution >= 4 is 16.6 Å². The molecular weight excluding hydrogens is 234 g/mol. The third-order valence-corrected chi connectivity index (χ3v) is 3.42. The number of hydrogen-bond acceptors (Lipinski definition) is 2. The van der Waals surface area contributed by atoms with Crippen LogP contribution in [0.5, 0.6) is 0 Å². The fraction of sp³-hybridized carbons (Fsp3) is 0.188. The van der Waals surface area contributed by atoms with Gasteiger partial charge in [-0.25, -0.2) is 0 Å². The lowest BCUT2D eigenvalue weighted by molar-refractivity contribution is 1.11. The van der Waals surface area contributed by atoms with E-state index in [2.05, 4.69) is 59.7 Å². The molecule has 0 unspecified atom stereocenters. The van der Waals surface area contributed by atoms with Crippen molar-refractivity contribution in [3.8, 4) is 0 Å². The van der Waals surface area contributed by atoms with Gasteiger partial charge in [-0.2, -0.15) is 5.10 Å². The smallest absolute Gasteiger partial charge is 0.0651 e. The normalized spacial score (nSPS) is 10.8. The summed E-state index contributed by atoms with van der Waals surface area (Å²) in [7, 11) is 0. The maximum absolute atomic E-state index is 4.03. The predicted molar refractivity (Wildman–Crippen MR) is 79.3 cm³/mol. The van der Waals surface area contributed by atoms with E-state index in [1.54, 1.807) is 0 Å². The van der Waals surface area contributed by atoms with E-state index in [0.29, 0.717) is 0 Å². The van der Waals surface area contributed by atoms with Crippen LogP contribution in [0.25, 0.3) is 10.9 Å². The zero-order valence-corrected chi connectivity index (χ0v) is 11.2. The summed E-state index contributed by atoms with van der Waals surface area (Å²) in [5.41, 5.74) is 6.15. The Bertz CT molecular complexity index is 713. The second-order valence-electron chi connectivity index (χ2n) is 4.96. The van der Waals surface area contributed by atoms with Crippen LogP contribution in [0.4, 0.5) is 5.69 Å².